The third-order valence-corrected chi connectivity index (χ3v) is 14.0. The van der Waals surface area contributed by atoms with Gasteiger partial charge in [-0.1, -0.05) is 264 Å². The minimum absolute atomic E-state index is 0.138. The first-order valence-corrected chi connectivity index (χ1v) is 33.0. The Hall–Kier alpha value is -4.05. The highest BCUT2D eigenvalue weighted by atomic mass is 16.7. The van der Waals surface area contributed by atoms with E-state index < -0.39 is 24.3 Å². The topological polar surface area (TPSA) is 111 Å². The minimum Gasteiger partial charge on any atom is -0.545 e. The summed E-state index contributed by atoms with van der Waals surface area (Å²) in [6.07, 6.45) is 83.0. The molecule has 2 atom stereocenters. The first-order valence-electron chi connectivity index (χ1n) is 33.0. The number of carbonyl (C=O) groups is 3. The molecule has 9 nitrogen and oxygen atoms in total. The Labute approximate surface area is 498 Å². The molecule has 0 heterocycles. The van der Waals surface area contributed by atoms with Crippen LogP contribution in [0.3, 0.4) is 0 Å². The van der Waals surface area contributed by atoms with Gasteiger partial charge in [-0.25, -0.2) is 0 Å². The number of likely N-dealkylation sites (N-methyl/N-ethyl adjacent to an activating group) is 1. The minimum atomic E-state index is -1.64. The number of allylic oxidation sites excluding steroid dienone is 18. The molecule has 0 aromatic carbocycles. The van der Waals surface area contributed by atoms with Gasteiger partial charge in [0.15, 0.2) is 12.4 Å². The summed E-state index contributed by atoms with van der Waals surface area (Å²) >= 11 is 0. The van der Waals surface area contributed by atoms with Crippen molar-refractivity contribution < 1.29 is 42.9 Å². The third-order valence-electron chi connectivity index (χ3n) is 14.0. The summed E-state index contributed by atoms with van der Waals surface area (Å²) < 4.78 is 22.7. The normalized spacial score (nSPS) is 13.4. The van der Waals surface area contributed by atoms with E-state index in [9.17, 15) is 19.5 Å². The smallest absolute Gasteiger partial charge is 0.306 e. The maximum absolute atomic E-state index is 12.9. The highest BCUT2D eigenvalue weighted by molar-refractivity contribution is 5.70. The molecule has 0 aliphatic heterocycles. The van der Waals surface area contributed by atoms with Crippen molar-refractivity contribution in [1.82, 2.24) is 0 Å². The van der Waals surface area contributed by atoms with E-state index in [0.717, 1.165) is 96.3 Å². The zero-order valence-electron chi connectivity index (χ0n) is 52.9. The van der Waals surface area contributed by atoms with Crippen LogP contribution in [0.25, 0.3) is 0 Å². The molecule has 0 aliphatic rings. The molecule has 0 rings (SSSR count). The first-order chi connectivity index (χ1) is 39.6. The molecule has 2 unspecified atom stereocenters. The summed E-state index contributed by atoms with van der Waals surface area (Å²) in [6.45, 7) is 4.60. The molecule has 81 heavy (non-hydrogen) atoms. The molecular formula is C72H123NO8. The van der Waals surface area contributed by atoms with Crippen molar-refractivity contribution in [2.24, 2.45) is 0 Å². The number of carboxylic acid groups (broad SMARTS) is 1. The average Bonchev–Trinajstić information content (AvgIpc) is 3.44. The fraction of sp³-hybridized carbons (Fsp3) is 0.708. The van der Waals surface area contributed by atoms with Gasteiger partial charge in [0.2, 0.25) is 0 Å². The number of hydrogen-bond acceptors (Lipinski definition) is 8. The van der Waals surface area contributed by atoms with Crippen LogP contribution in [0.4, 0.5) is 0 Å². The number of rotatable bonds is 60. The lowest BCUT2D eigenvalue weighted by Crippen LogP contribution is -2.44. The van der Waals surface area contributed by atoms with Crippen LogP contribution in [-0.2, 0) is 33.3 Å². The van der Waals surface area contributed by atoms with Gasteiger partial charge in [0.05, 0.1) is 40.3 Å². The van der Waals surface area contributed by atoms with Gasteiger partial charge in [0, 0.05) is 12.8 Å². The van der Waals surface area contributed by atoms with E-state index >= 15 is 0 Å². The summed E-state index contributed by atoms with van der Waals surface area (Å²) in [5.41, 5.74) is 0. The van der Waals surface area contributed by atoms with Gasteiger partial charge in [-0.3, -0.25) is 9.59 Å². The molecule has 0 amide bonds. The van der Waals surface area contributed by atoms with Gasteiger partial charge in [0.1, 0.15) is 13.2 Å². The lowest BCUT2D eigenvalue weighted by molar-refractivity contribution is -0.870. The van der Waals surface area contributed by atoms with E-state index in [4.69, 9.17) is 18.9 Å². The number of hydrogen-bond donors (Lipinski definition) is 0. The molecule has 464 valence electrons. The molecule has 0 radical (unpaired) electrons. The van der Waals surface area contributed by atoms with Crippen LogP contribution in [0.1, 0.15) is 271 Å². The fourth-order valence-corrected chi connectivity index (χ4v) is 8.96. The van der Waals surface area contributed by atoms with E-state index in [2.05, 4.69) is 123 Å². The largest absolute Gasteiger partial charge is 0.545 e. The number of nitrogens with zero attached hydrogens (tertiary/aromatic N) is 1. The third kappa shape index (κ3) is 63.4. The predicted molar refractivity (Wildman–Crippen MR) is 343 cm³/mol. The number of esters is 2. The van der Waals surface area contributed by atoms with Gasteiger partial charge in [-0.05, 0) is 103 Å². The Balaban J connectivity index is 4.17. The van der Waals surface area contributed by atoms with Gasteiger partial charge < -0.3 is 33.3 Å². The second kappa shape index (κ2) is 62.0. The van der Waals surface area contributed by atoms with Crippen molar-refractivity contribution in [1.29, 1.82) is 0 Å². The zero-order valence-corrected chi connectivity index (χ0v) is 52.9. The Bertz CT molecular complexity index is 1700. The summed E-state index contributed by atoms with van der Waals surface area (Å²) in [5, 5.41) is 11.8. The zero-order chi connectivity index (χ0) is 59.1. The Morgan fingerprint density at radius 2 is 0.704 bits per heavy atom. The molecule has 0 saturated carbocycles. The number of carboxylic acids is 1. The highest BCUT2D eigenvalue weighted by Crippen LogP contribution is 2.16. The van der Waals surface area contributed by atoms with Crippen LogP contribution >= 0.6 is 0 Å². The van der Waals surface area contributed by atoms with Gasteiger partial charge in [0.25, 0.3) is 0 Å². The van der Waals surface area contributed by atoms with E-state index in [1.807, 2.05) is 21.1 Å². The molecule has 0 aliphatic carbocycles. The number of ether oxygens (including phenoxy) is 4. The van der Waals surface area contributed by atoms with Crippen LogP contribution in [0.5, 0.6) is 0 Å². The van der Waals surface area contributed by atoms with E-state index in [1.54, 1.807) is 0 Å². The van der Waals surface area contributed by atoms with E-state index in [-0.39, 0.29) is 38.6 Å². The second-order valence-electron chi connectivity index (χ2n) is 23.0. The van der Waals surface area contributed by atoms with E-state index in [1.165, 1.54) is 141 Å². The lowest BCUT2D eigenvalue weighted by atomic mass is 10.0. The summed E-state index contributed by atoms with van der Waals surface area (Å²) in [5.74, 6) is -2.32. The van der Waals surface area contributed by atoms with Gasteiger partial charge >= 0.3 is 11.9 Å². The Morgan fingerprint density at radius 1 is 0.383 bits per heavy atom. The lowest BCUT2D eigenvalue weighted by Gasteiger charge is -2.26. The van der Waals surface area contributed by atoms with Crippen LogP contribution in [-0.4, -0.2) is 82.3 Å². The summed E-state index contributed by atoms with van der Waals surface area (Å²) in [6, 6.07) is 0. The average molecular weight is 1130 g/mol. The molecule has 0 saturated heterocycles. The van der Waals surface area contributed by atoms with Crippen LogP contribution in [0.15, 0.2) is 109 Å². The SMILES string of the molecule is CC/C=C\C/C=C\C/C=C\C/C=C\C/C=C\C/C=C\CCCCCCC(=O)OC(COC(=O)CCCCCCCCCCCCCCCCCCCC/C=C\C/C=C\C/C=C\CCCCCCC)COC(OCC[N+](C)(C)C)C(=O)[O-]. The molecular weight excluding hydrogens is 1010 g/mol. The first kappa shape index (κ1) is 77.0. The quantitative estimate of drug-likeness (QED) is 0.0195. The van der Waals surface area contributed by atoms with Gasteiger partial charge in [-0.2, -0.15) is 0 Å². The molecule has 0 N–H and O–H groups in total. The predicted octanol–water partition coefficient (Wildman–Crippen LogP) is 18.9. The Morgan fingerprint density at radius 3 is 1.05 bits per heavy atom. The van der Waals surface area contributed by atoms with Crippen molar-refractivity contribution in [3.8, 4) is 0 Å². The molecule has 0 aromatic heterocycles. The van der Waals surface area contributed by atoms with Crippen LogP contribution < -0.4 is 5.11 Å². The maximum Gasteiger partial charge on any atom is 0.306 e. The highest BCUT2D eigenvalue weighted by Gasteiger charge is 2.22. The molecule has 0 aromatic rings. The number of aliphatic carboxylic acids is 1. The fourth-order valence-electron chi connectivity index (χ4n) is 8.96. The molecule has 9 heteroatoms. The number of quaternary nitrogens is 1. The monoisotopic (exact) mass is 1130 g/mol. The van der Waals surface area contributed by atoms with Gasteiger partial charge in [-0.15, -0.1) is 0 Å². The second-order valence-corrected chi connectivity index (χ2v) is 23.0. The van der Waals surface area contributed by atoms with Crippen molar-refractivity contribution >= 4 is 17.9 Å². The molecule has 0 spiro atoms. The van der Waals surface area contributed by atoms with E-state index in [0.29, 0.717) is 17.4 Å². The standard InChI is InChI=1S/C72H123NO8/c1-6-8-10-12-14-16-18-20-22-24-26-28-30-31-32-33-34-35-36-37-38-39-41-42-44-46-48-50-52-54-56-58-60-62-69(74)79-66-68(67-80-72(71(76)77)78-65-64-73(3,4)5)81-70(75)63-61-59-57-55-53-51-49-47-45-43-40-29-27-25-23-21-19-17-15-13-11-9-7-2/h9,11,15,17-18,20-21,23-24,26-27,29-31,43,45,49,51,68,72H,6-8,10,12-14,16,19,22,25,28,32-42,44,46-48,50,52-67H2,1-5H3/b11-9-,17-15-,20-18-,23-21-,26-24-,29-27-,31-30-,45-43-,51-49-. The number of carbonyl (C=O) groups excluding carboxylic acids is 3. The number of unbranched alkanes of at least 4 members (excludes halogenated alkanes) is 27. The molecule has 0 bridgehead atoms. The summed E-state index contributed by atoms with van der Waals surface area (Å²) in [4.78, 5) is 37.4. The van der Waals surface area contributed by atoms with Crippen molar-refractivity contribution in [2.45, 2.75) is 283 Å². The van der Waals surface area contributed by atoms with Crippen molar-refractivity contribution in [3.63, 3.8) is 0 Å². The maximum atomic E-state index is 12.9. The van der Waals surface area contributed by atoms with Crippen molar-refractivity contribution in [2.75, 3.05) is 47.5 Å². The van der Waals surface area contributed by atoms with Crippen LogP contribution in [0, 0.1) is 0 Å². The van der Waals surface area contributed by atoms with Crippen LogP contribution in [0.2, 0.25) is 0 Å². The Kier molecular flexibility index (Phi) is 58.9. The van der Waals surface area contributed by atoms with Crippen molar-refractivity contribution in [3.05, 3.63) is 109 Å². The summed E-state index contributed by atoms with van der Waals surface area (Å²) in [7, 11) is 5.91. The molecule has 0 fully saturated rings.